The van der Waals surface area contributed by atoms with E-state index < -0.39 is 0 Å². The minimum absolute atomic E-state index is 0.598. The van der Waals surface area contributed by atoms with Gasteiger partial charge in [0.05, 0.1) is 23.0 Å². The number of anilines is 2. The summed E-state index contributed by atoms with van der Waals surface area (Å²) in [7, 11) is 2.05. The number of rotatable bonds is 2. The van der Waals surface area contributed by atoms with Crippen molar-refractivity contribution >= 4 is 11.4 Å². The Morgan fingerprint density at radius 3 is 2.73 bits per heavy atom. The van der Waals surface area contributed by atoms with Crippen LogP contribution >= 0.6 is 0 Å². The Labute approximate surface area is 90.1 Å². The zero-order valence-corrected chi connectivity index (χ0v) is 8.90. The number of nitrogens with zero attached hydrogens (tertiary/aromatic N) is 2. The lowest BCUT2D eigenvalue weighted by Gasteiger charge is -2.37. The molecule has 1 fully saturated rings. The van der Waals surface area contributed by atoms with Gasteiger partial charge in [0.2, 0.25) is 0 Å². The highest BCUT2D eigenvalue weighted by Crippen LogP contribution is 2.31. The van der Waals surface area contributed by atoms with E-state index in [-0.39, 0.29) is 0 Å². The second kappa shape index (κ2) is 3.82. The molecule has 3 nitrogen and oxygen atoms in total. The van der Waals surface area contributed by atoms with Gasteiger partial charge in [-0.25, -0.2) is 0 Å². The topological polar surface area (TPSA) is 53.0 Å². The summed E-state index contributed by atoms with van der Waals surface area (Å²) in [5.41, 5.74) is 8.32. The summed E-state index contributed by atoms with van der Waals surface area (Å²) in [6, 6.07) is 8.18. The lowest BCUT2D eigenvalue weighted by Crippen LogP contribution is -2.37. The lowest BCUT2D eigenvalue weighted by atomic mass is 9.91. The third kappa shape index (κ3) is 1.75. The van der Waals surface area contributed by atoms with E-state index in [1.807, 2.05) is 12.1 Å². The lowest BCUT2D eigenvalue weighted by molar-refractivity contribution is 0.401. The van der Waals surface area contributed by atoms with Gasteiger partial charge in [0.25, 0.3) is 0 Å². The zero-order valence-electron chi connectivity index (χ0n) is 8.90. The molecule has 2 N–H and O–H groups in total. The minimum Gasteiger partial charge on any atom is -0.397 e. The monoisotopic (exact) mass is 201 g/mol. The molecule has 1 aliphatic rings. The minimum atomic E-state index is 0.598. The third-order valence-electron chi connectivity index (χ3n) is 3.16. The van der Waals surface area contributed by atoms with E-state index >= 15 is 0 Å². The summed E-state index contributed by atoms with van der Waals surface area (Å²) < 4.78 is 0. The molecule has 0 amide bonds. The molecule has 1 aromatic rings. The van der Waals surface area contributed by atoms with Crippen molar-refractivity contribution in [2.24, 2.45) is 0 Å². The molecule has 0 heterocycles. The largest absolute Gasteiger partial charge is 0.397 e. The summed E-state index contributed by atoms with van der Waals surface area (Å²) in [6.07, 6.45) is 3.76. The van der Waals surface area contributed by atoms with Crippen molar-refractivity contribution in [3.05, 3.63) is 23.8 Å². The molecular formula is C12H15N3. The Morgan fingerprint density at radius 1 is 1.47 bits per heavy atom. The van der Waals surface area contributed by atoms with Crippen molar-refractivity contribution in [3.8, 4) is 6.07 Å². The highest BCUT2D eigenvalue weighted by molar-refractivity contribution is 5.69. The maximum absolute atomic E-state index is 8.84. The van der Waals surface area contributed by atoms with Crippen LogP contribution in [0.5, 0.6) is 0 Å². The Kier molecular flexibility index (Phi) is 2.51. The molecule has 1 aliphatic carbocycles. The van der Waals surface area contributed by atoms with E-state index in [9.17, 15) is 0 Å². The van der Waals surface area contributed by atoms with Crippen LogP contribution in [0.4, 0.5) is 11.4 Å². The molecule has 0 aliphatic heterocycles. The smallest absolute Gasteiger partial charge is 0.0992 e. The molecule has 0 saturated heterocycles. The van der Waals surface area contributed by atoms with Gasteiger partial charge in [0.15, 0.2) is 0 Å². The molecule has 1 saturated carbocycles. The van der Waals surface area contributed by atoms with E-state index in [0.717, 1.165) is 11.4 Å². The van der Waals surface area contributed by atoms with Crippen LogP contribution in [-0.2, 0) is 0 Å². The third-order valence-corrected chi connectivity index (χ3v) is 3.16. The van der Waals surface area contributed by atoms with Crippen molar-refractivity contribution in [1.82, 2.24) is 0 Å². The summed E-state index contributed by atoms with van der Waals surface area (Å²) in [5, 5.41) is 8.84. The molecule has 15 heavy (non-hydrogen) atoms. The van der Waals surface area contributed by atoms with Crippen molar-refractivity contribution in [1.29, 1.82) is 5.26 Å². The Morgan fingerprint density at radius 2 is 2.20 bits per heavy atom. The highest BCUT2D eigenvalue weighted by Gasteiger charge is 2.23. The van der Waals surface area contributed by atoms with Crippen molar-refractivity contribution in [2.75, 3.05) is 17.7 Å². The standard InChI is InChI=1S/C12H15N3/c1-15(10-3-2-4-10)12-7-9(8-13)5-6-11(12)14/h5-7,10H,2-4,14H2,1H3. The molecule has 0 radical (unpaired) electrons. The molecular weight excluding hydrogens is 186 g/mol. The number of nitrogens with two attached hydrogens (primary N) is 1. The average Bonchev–Trinajstić information content (AvgIpc) is 2.15. The SMILES string of the molecule is CN(c1cc(C#N)ccc1N)C1CCC1. The number of benzene rings is 1. The summed E-state index contributed by atoms with van der Waals surface area (Å²) >= 11 is 0. The van der Waals surface area contributed by atoms with Gasteiger partial charge in [-0.15, -0.1) is 0 Å². The van der Waals surface area contributed by atoms with Gasteiger partial charge in [0.1, 0.15) is 0 Å². The first-order valence-electron chi connectivity index (χ1n) is 5.25. The fourth-order valence-electron chi connectivity index (χ4n) is 1.89. The van der Waals surface area contributed by atoms with Crippen LogP contribution < -0.4 is 10.6 Å². The zero-order chi connectivity index (χ0) is 10.8. The number of hydrogen-bond donors (Lipinski definition) is 1. The molecule has 2 rings (SSSR count). The van der Waals surface area contributed by atoms with Crippen LogP contribution in [0.3, 0.4) is 0 Å². The quantitative estimate of drug-likeness (QED) is 0.746. The predicted molar refractivity (Wildman–Crippen MR) is 61.6 cm³/mol. The summed E-state index contributed by atoms with van der Waals surface area (Å²) in [6.45, 7) is 0. The van der Waals surface area contributed by atoms with E-state index in [2.05, 4.69) is 18.0 Å². The second-order valence-corrected chi connectivity index (χ2v) is 4.08. The highest BCUT2D eigenvalue weighted by atomic mass is 15.1. The maximum atomic E-state index is 8.84. The van der Waals surface area contributed by atoms with Crippen LogP contribution in [0, 0.1) is 11.3 Å². The van der Waals surface area contributed by atoms with Crippen LogP contribution in [0.1, 0.15) is 24.8 Å². The van der Waals surface area contributed by atoms with Gasteiger partial charge < -0.3 is 10.6 Å². The number of hydrogen-bond acceptors (Lipinski definition) is 3. The first-order chi connectivity index (χ1) is 7.22. The summed E-state index contributed by atoms with van der Waals surface area (Å²) in [4.78, 5) is 2.19. The molecule has 0 spiro atoms. The molecule has 1 aromatic carbocycles. The van der Waals surface area contributed by atoms with Crippen molar-refractivity contribution in [2.45, 2.75) is 25.3 Å². The van der Waals surface area contributed by atoms with Crippen LogP contribution in [0.15, 0.2) is 18.2 Å². The van der Waals surface area contributed by atoms with Crippen molar-refractivity contribution in [3.63, 3.8) is 0 Å². The van der Waals surface area contributed by atoms with Crippen LogP contribution in [0.25, 0.3) is 0 Å². The van der Waals surface area contributed by atoms with Gasteiger partial charge in [-0.05, 0) is 37.5 Å². The van der Waals surface area contributed by atoms with Gasteiger partial charge in [-0.2, -0.15) is 5.26 Å². The Bertz CT molecular complexity index is 402. The van der Waals surface area contributed by atoms with E-state index in [4.69, 9.17) is 11.0 Å². The first-order valence-corrected chi connectivity index (χ1v) is 5.25. The van der Waals surface area contributed by atoms with Crippen molar-refractivity contribution < 1.29 is 0 Å². The maximum Gasteiger partial charge on any atom is 0.0992 e. The molecule has 0 unspecified atom stereocenters. The fraction of sp³-hybridized carbons (Fsp3) is 0.417. The number of nitriles is 1. The molecule has 0 bridgehead atoms. The van der Waals surface area contributed by atoms with Gasteiger partial charge in [-0.3, -0.25) is 0 Å². The van der Waals surface area contributed by atoms with E-state index in [1.165, 1.54) is 19.3 Å². The van der Waals surface area contributed by atoms with Gasteiger partial charge in [-0.1, -0.05) is 0 Å². The van der Waals surface area contributed by atoms with Gasteiger partial charge in [0, 0.05) is 13.1 Å². The Balaban J connectivity index is 2.29. The normalized spacial score (nSPS) is 15.5. The van der Waals surface area contributed by atoms with Crippen LogP contribution in [0.2, 0.25) is 0 Å². The van der Waals surface area contributed by atoms with Gasteiger partial charge >= 0.3 is 0 Å². The van der Waals surface area contributed by atoms with Crippen LogP contribution in [-0.4, -0.2) is 13.1 Å². The molecule has 0 aromatic heterocycles. The number of nitrogen functional groups attached to an aromatic ring is 1. The van der Waals surface area contributed by atoms with E-state index in [0.29, 0.717) is 11.6 Å². The average molecular weight is 201 g/mol. The first kappa shape index (κ1) is 9.85. The van der Waals surface area contributed by atoms with E-state index in [1.54, 1.807) is 6.07 Å². The predicted octanol–water partition coefficient (Wildman–Crippen LogP) is 2.13. The summed E-state index contributed by atoms with van der Waals surface area (Å²) in [5.74, 6) is 0. The molecule has 3 heteroatoms. The molecule has 78 valence electrons. The fourth-order valence-corrected chi connectivity index (χ4v) is 1.89. The second-order valence-electron chi connectivity index (χ2n) is 4.08. The Hall–Kier alpha value is -1.69. The molecule has 0 atom stereocenters.